The van der Waals surface area contributed by atoms with E-state index in [9.17, 15) is 0 Å². The second-order valence-corrected chi connectivity index (χ2v) is 8.56. The highest BCUT2D eigenvalue weighted by Crippen LogP contribution is 2.28. The zero-order valence-electron chi connectivity index (χ0n) is 18.4. The number of anilines is 1. The van der Waals surface area contributed by atoms with Gasteiger partial charge in [-0.15, -0.1) is 11.3 Å². The molecule has 0 aliphatic rings. The molecule has 1 atom stereocenters. The van der Waals surface area contributed by atoms with Gasteiger partial charge < -0.3 is 14.6 Å². The lowest BCUT2D eigenvalue weighted by Crippen LogP contribution is -2.09. The molecule has 0 aliphatic heterocycles. The Morgan fingerprint density at radius 3 is 2.82 bits per heavy atom. The summed E-state index contributed by atoms with van der Waals surface area (Å²) in [7, 11) is 0. The number of aromatic nitrogens is 5. The number of ether oxygens (including phenoxy) is 1. The minimum absolute atomic E-state index is 0.00657. The predicted octanol–water partition coefficient (Wildman–Crippen LogP) is 5.51. The first-order chi connectivity index (χ1) is 16.0. The first-order valence-electron chi connectivity index (χ1n) is 10.5. The van der Waals surface area contributed by atoms with Crippen molar-refractivity contribution >= 4 is 27.4 Å². The molecule has 0 amide bonds. The molecule has 3 aromatic heterocycles. The van der Waals surface area contributed by atoms with Crippen molar-refractivity contribution in [3.05, 3.63) is 77.1 Å². The van der Waals surface area contributed by atoms with Crippen molar-refractivity contribution in [3.8, 4) is 17.0 Å². The summed E-state index contributed by atoms with van der Waals surface area (Å²) in [5.74, 6) is 3.25. The third kappa shape index (κ3) is 4.83. The van der Waals surface area contributed by atoms with Crippen LogP contribution in [-0.4, -0.2) is 25.1 Å². The number of nitrogens with zero attached hydrogens (tertiary/aromatic N) is 5. The molecule has 0 radical (unpaired) electrons. The van der Waals surface area contributed by atoms with Gasteiger partial charge in [-0.05, 0) is 43.7 Å². The average molecular weight is 459 g/mol. The Balaban J connectivity index is 1.32. The van der Waals surface area contributed by atoms with Crippen molar-refractivity contribution in [2.45, 2.75) is 33.4 Å². The van der Waals surface area contributed by atoms with E-state index < -0.39 is 0 Å². The van der Waals surface area contributed by atoms with Crippen LogP contribution in [0.15, 0.2) is 58.6 Å². The van der Waals surface area contributed by atoms with E-state index in [0.29, 0.717) is 17.5 Å². The zero-order valence-corrected chi connectivity index (χ0v) is 19.3. The van der Waals surface area contributed by atoms with E-state index >= 15 is 0 Å². The first-order valence-corrected chi connectivity index (χ1v) is 11.4. The van der Waals surface area contributed by atoms with Gasteiger partial charge in [-0.2, -0.15) is 4.98 Å². The lowest BCUT2D eigenvalue weighted by atomic mass is 10.1. The van der Waals surface area contributed by atoms with E-state index in [0.717, 1.165) is 38.6 Å². The summed E-state index contributed by atoms with van der Waals surface area (Å²) >= 11 is 1.62. The van der Waals surface area contributed by atoms with Gasteiger partial charge in [0.05, 0.1) is 27.5 Å². The Morgan fingerprint density at radius 2 is 1.97 bits per heavy atom. The fourth-order valence-electron chi connectivity index (χ4n) is 3.53. The number of fused-ring (bicyclic) bond motifs is 1. The van der Waals surface area contributed by atoms with Crippen LogP contribution in [0.2, 0.25) is 0 Å². The van der Waals surface area contributed by atoms with E-state index in [1.165, 1.54) is 0 Å². The minimum Gasteiger partial charge on any atom is -0.485 e. The second kappa shape index (κ2) is 8.95. The van der Waals surface area contributed by atoms with Gasteiger partial charge in [0.15, 0.2) is 6.61 Å². The van der Waals surface area contributed by atoms with Crippen molar-refractivity contribution in [1.29, 1.82) is 0 Å². The fraction of sp³-hybridized carbons (Fsp3) is 0.208. The lowest BCUT2D eigenvalue weighted by Gasteiger charge is -2.17. The van der Waals surface area contributed by atoms with E-state index in [-0.39, 0.29) is 12.6 Å². The van der Waals surface area contributed by atoms with Gasteiger partial charge in [0.1, 0.15) is 17.4 Å². The largest absolute Gasteiger partial charge is 0.485 e. The molecule has 33 heavy (non-hydrogen) atoms. The highest BCUT2D eigenvalue weighted by Gasteiger charge is 2.12. The van der Waals surface area contributed by atoms with Crippen molar-refractivity contribution < 1.29 is 9.26 Å². The van der Waals surface area contributed by atoms with Gasteiger partial charge in [0.25, 0.3) is 0 Å². The summed E-state index contributed by atoms with van der Waals surface area (Å²) < 4.78 is 12.0. The molecule has 5 aromatic rings. The van der Waals surface area contributed by atoms with E-state index in [2.05, 4.69) is 49.5 Å². The molecule has 0 bridgehead atoms. The normalized spacial score (nSPS) is 12.1. The number of hydrogen-bond donors (Lipinski definition) is 1. The van der Waals surface area contributed by atoms with Gasteiger partial charge in [0.2, 0.25) is 11.7 Å². The zero-order chi connectivity index (χ0) is 22.8. The molecule has 3 heterocycles. The van der Waals surface area contributed by atoms with E-state index in [4.69, 9.17) is 9.26 Å². The summed E-state index contributed by atoms with van der Waals surface area (Å²) in [5.41, 5.74) is 5.84. The summed E-state index contributed by atoms with van der Waals surface area (Å²) in [5, 5.41) is 7.35. The van der Waals surface area contributed by atoms with Crippen LogP contribution in [-0.2, 0) is 6.61 Å². The molecule has 0 saturated carbocycles. The molecule has 0 aliphatic carbocycles. The summed E-state index contributed by atoms with van der Waals surface area (Å²) in [6.07, 6.45) is 0. The summed E-state index contributed by atoms with van der Waals surface area (Å²) in [4.78, 5) is 17.7. The maximum Gasteiger partial charge on any atom is 0.223 e. The number of benzene rings is 2. The van der Waals surface area contributed by atoms with E-state index in [1.807, 2.05) is 48.8 Å². The highest BCUT2D eigenvalue weighted by molar-refractivity contribution is 7.16. The van der Waals surface area contributed by atoms with Crippen LogP contribution in [0.25, 0.3) is 21.5 Å². The Labute approximate surface area is 194 Å². The van der Waals surface area contributed by atoms with Gasteiger partial charge in [-0.25, -0.2) is 15.0 Å². The van der Waals surface area contributed by atoms with Gasteiger partial charge in [-0.1, -0.05) is 23.4 Å². The first kappa shape index (κ1) is 21.0. The SMILES string of the molecule is Cc1nc(NC(C)c2cccc(OCc3noc(C)n3)c2)cc(-c2ccc3ncsc3c2)n1. The molecule has 0 fully saturated rings. The Morgan fingerprint density at radius 1 is 1.06 bits per heavy atom. The number of thiazole rings is 1. The van der Waals surface area contributed by atoms with E-state index in [1.54, 1.807) is 18.3 Å². The van der Waals surface area contributed by atoms with Crippen LogP contribution in [0.5, 0.6) is 5.75 Å². The molecule has 5 rings (SSSR count). The second-order valence-electron chi connectivity index (χ2n) is 7.68. The maximum atomic E-state index is 5.83. The Hall–Kier alpha value is -3.85. The standard InChI is InChI=1S/C24H22N6O2S/c1-14(17-5-4-6-19(9-17)31-12-24-29-16(3)32-30-24)26-23-11-21(27-15(2)28-23)18-7-8-20-22(10-18)33-13-25-20/h4-11,13-14H,12H2,1-3H3,(H,26,27,28). The van der Waals surface area contributed by atoms with Crippen LogP contribution >= 0.6 is 11.3 Å². The van der Waals surface area contributed by atoms with Crippen molar-refractivity contribution in [2.75, 3.05) is 5.32 Å². The van der Waals surface area contributed by atoms with Crippen LogP contribution in [0, 0.1) is 13.8 Å². The van der Waals surface area contributed by atoms with Crippen LogP contribution in [0.4, 0.5) is 5.82 Å². The third-order valence-electron chi connectivity index (χ3n) is 5.13. The van der Waals surface area contributed by atoms with Gasteiger partial charge in [-0.3, -0.25) is 0 Å². The smallest absolute Gasteiger partial charge is 0.223 e. The van der Waals surface area contributed by atoms with Crippen molar-refractivity contribution in [1.82, 2.24) is 25.1 Å². The number of aryl methyl sites for hydroxylation is 2. The average Bonchev–Trinajstić information content (AvgIpc) is 3.45. The molecule has 166 valence electrons. The van der Waals surface area contributed by atoms with Crippen LogP contribution < -0.4 is 10.1 Å². The Bertz CT molecular complexity index is 1410. The molecule has 0 spiro atoms. The van der Waals surface area contributed by atoms with Crippen molar-refractivity contribution in [2.24, 2.45) is 0 Å². The lowest BCUT2D eigenvalue weighted by molar-refractivity contribution is 0.285. The number of rotatable bonds is 7. The minimum atomic E-state index is 0.00657. The maximum absolute atomic E-state index is 5.83. The topological polar surface area (TPSA) is 98.9 Å². The monoisotopic (exact) mass is 458 g/mol. The molecular weight excluding hydrogens is 436 g/mol. The van der Waals surface area contributed by atoms with Crippen LogP contribution in [0.3, 0.4) is 0 Å². The molecule has 1 N–H and O–H groups in total. The molecular formula is C24H22N6O2S. The molecule has 0 saturated heterocycles. The van der Waals surface area contributed by atoms with Crippen molar-refractivity contribution in [3.63, 3.8) is 0 Å². The number of nitrogens with one attached hydrogen (secondary N) is 1. The number of hydrogen-bond acceptors (Lipinski definition) is 9. The quantitative estimate of drug-likeness (QED) is 0.341. The molecule has 8 nitrogen and oxygen atoms in total. The summed E-state index contributed by atoms with van der Waals surface area (Å²) in [6.45, 7) is 5.99. The molecule has 2 aromatic carbocycles. The molecule has 1 unspecified atom stereocenters. The molecule has 9 heteroatoms. The van der Waals surface area contributed by atoms with Gasteiger partial charge in [0, 0.05) is 18.6 Å². The van der Waals surface area contributed by atoms with Gasteiger partial charge >= 0.3 is 0 Å². The Kier molecular flexibility index (Phi) is 5.70. The fourth-order valence-corrected chi connectivity index (χ4v) is 4.25. The predicted molar refractivity (Wildman–Crippen MR) is 127 cm³/mol. The third-order valence-corrected chi connectivity index (χ3v) is 5.92. The summed E-state index contributed by atoms with van der Waals surface area (Å²) in [6, 6.07) is 16.1. The highest BCUT2D eigenvalue weighted by atomic mass is 32.1. The van der Waals surface area contributed by atoms with Crippen LogP contribution in [0.1, 0.15) is 36.1 Å².